The zero-order valence-electron chi connectivity index (χ0n) is 15.7. The number of β-amino-alcohol motifs (C(OH)–C–C–N with tert-alkyl or cyclic N) is 1. The Morgan fingerprint density at radius 3 is 2.67 bits per heavy atom. The monoisotopic (exact) mass is 368 g/mol. The lowest BCUT2D eigenvalue weighted by molar-refractivity contribution is -0.0285. The summed E-state index contributed by atoms with van der Waals surface area (Å²) in [5.74, 6) is 0.789. The van der Waals surface area contributed by atoms with E-state index in [1.54, 1.807) is 12.4 Å². The lowest BCUT2D eigenvalue weighted by atomic mass is 9.89. The lowest BCUT2D eigenvalue weighted by Gasteiger charge is -2.35. The average molecular weight is 368 g/mol. The van der Waals surface area contributed by atoms with Crippen molar-refractivity contribution in [2.75, 3.05) is 44.2 Å². The lowest BCUT2D eigenvalue weighted by Crippen LogP contribution is -2.49. The van der Waals surface area contributed by atoms with E-state index < -0.39 is 6.10 Å². The predicted octanol–water partition coefficient (Wildman–Crippen LogP) is 2.05. The van der Waals surface area contributed by atoms with Crippen molar-refractivity contribution in [1.82, 2.24) is 14.9 Å². The first-order valence-electron chi connectivity index (χ1n) is 9.91. The van der Waals surface area contributed by atoms with Gasteiger partial charge in [0.15, 0.2) is 0 Å². The van der Waals surface area contributed by atoms with Gasteiger partial charge in [0.2, 0.25) is 5.95 Å². The van der Waals surface area contributed by atoms with Crippen LogP contribution in [0.1, 0.15) is 30.1 Å². The molecule has 0 amide bonds. The van der Waals surface area contributed by atoms with Crippen molar-refractivity contribution in [3.8, 4) is 0 Å². The molecule has 6 nitrogen and oxygen atoms in total. The van der Waals surface area contributed by atoms with Gasteiger partial charge in [-0.3, -0.25) is 4.90 Å². The fourth-order valence-corrected chi connectivity index (χ4v) is 4.05. The molecule has 1 fully saturated rings. The summed E-state index contributed by atoms with van der Waals surface area (Å²) in [5, 5.41) is 10.5. The standard InChI is InChI=1S/C21H28N4O2/c26-18(16-27-20-8-3-6-17-5-1-2-7-19(17)20)15-24-11-13-25(14-12-24)21-22-9-4-10-23-21/h1-2,4-5,7,9-10,18,20,26H,3,6,8,11-16H2/t18-,20-/m1/s1. The SMILES string of the molecule is O[C@@H](CO[C@@H]1CCCc2ccccc21)CN1CCN(c2ncccn2)CC1. The molecule has 0 spiro atoms. The molecular weight excluding hydrogens is 340 g/mol. The maximum atomic E-state index is 10.5. The van der Waals surface area contributed by atoms with Crippen molar-refractivity contribution >= 4 is 5.95 Å². The minimum absolute atomic E-state index is 0.122. The largest absolute Gasteiger partial charge is 0.389 e. The summed E-state index contributed by atoms with van der Waals surface area (Å²) in [6.45, 7) is 4.61. The minimum Gasteiger partial charge on any atom is -0.389 e. The summed E-state index contributed by atoms with van der Waals surface area (Å²) in [7, 11) is 0. The molecule has 144 valence electrons. The molecule has 1 aliphatic carbocycles. The van der Waals surface area contributed by atoms with Crippen LogP contribution in [0, 0.1) is 0 Å². The van der Waals surface area contributed by atoms with Crippen LogP contribution >= 0.6 is 0 Å². The number of aliphatic hydroxyl groups is 1. The van der Waals surface area contributed by atoms with Crippen LogP contribution in [0.4, 0.5) is 5.95 Å². The number of hydrogen-bond donors (Lipinski definition) is 1. The highest BCUT2D eigenvalue weighted by atomic mass is 16.5. The highest BCUT2D eigenvalue weighted by Gasteiger charge is 2.23. The zero-order valence-corrected chi connectivity index (χ0v) is 15.7. The Bertz CT molecular complexity index is 719. The maximum absolute atomic E-state index is 10.5. The number of benzene rings is 1. The zero-order chi connectivity index (χ0) is 18.5. The number of fused-ring (bicyclic) bond motifs is 1. The molecule has 1 aliphatic heterocycles. The third-order valence-corrected chi connectivity index (χ3v) is 5.48. The summed E-state index contributed by atoms with van der Waals surface area (Å²) >= 11 is 0. The molecule has 1 aromatic carbocycles. The first-order chi connectivity index (χ1) is 13.3. The van der Waals surface area contributed by atoms with Gasteiger partial charge >= 0.3 is 0 Å². The summed E-state index contributed by atoms with van der Waals surface area (Å²) in [6, 6.07) is 10.4. The van der Waals surface area contributed by atoms with Crippen LogP contribution < -0.4 is 4.90 Å². The highest BCUT2D eigenvalue weighted by Crippen LogP contribution is 2.32. The van der Waals surface area contributed by atoms with Gasteiger partial charge < -0.3 is 14.7 Å². The molecule has 4 rings (SSSR count). The first kappa shape index (κ1) is 18.3. The molecule has 0 bridgehead atoms. The molecule has 1 N–H and O–H groups in total. The summed E-state index contributed by atoms with van der Waals surface area (Å²) in [4.78, 5) is 13.1. The van der Waals surface area contributed by atoms with E-state index in [0.717, 1.165) is 51.4 Å². The number of piperazine rings is 1. The molecule has 27 heavy (non-hydrogen) atoms. The number of aryl methyl sites for hydroxylation is 1. The van der Waals surface area contributed by atoms with Gasteiger partial charge in [-0.25, -0.2) is 9.97 Å². The molecular formula is C21H28N4O2. The van der Waals surface area contributed by atoms with E-state index >= 15 is 0 Å². The van der Waals surface area contributed by atoms with E-state index in [0.29, 0.717) is 13.2 Å². The normalized spacial score (nSPS) is 21.7. The Morgan fingerprint density at radius 2 is 1.85 bits per heavy atom. The molecule has 0 unspecified atom stereocenters. The topological polar surface area (TPSA) is 61.7 Å². The predicted molar refractivity (Wildman–Crippen MR) is 105 cm³/mol. The van der Waals surface area contributed by atoms with Crippen molar-refractivity contribution in [2.24, 2.45) is 0 Å². The molecule has 2 heterocycles. The van der Waals surface area contributed by atoms with Crippen molar-refractivity contribution < 1.29 is 9.84 Å². The smallest absolute Gasteiger partial charge is 0.225 e. The van der Waals surface area contributed by atoms with Crippen molar-refractivity contribution in [2.45, 2.75) is 31.5 Å². The second-order valence-corrected chi connectivity index (χ2v) is 7.40. The molecule has 6 heteroatoms. The summed E-state index contributed by atoms with van der Waals surface area (Å²) < 4.78 is 6.10. The second kappa shape index (κ2) is 8.78. The Labute approximate surface area is 160 Å². The first-order valence-corrected chi connectivity index (χ1v) is 9.91. The number of rotatable bonds is 6. The van der Waals surface area contributed by atoms with Gasteiger partial charge in [-0.05, 0) is 36.5 Å². The van der Waals surface area contributed by atoms with Gasteiger partial charge in [0.1, 0.15) is 0 Å². The fourth-order valence-electron chi connectivity index (χ4n) is 4.05. The van der Waals surface area contributed by atoms with Gasteiger partial charge in [0.25, 0.3) is 0 Å². The molecule has 1 saturated heterocycles. The number of nitrogens with zero attached hydrogens (tertiary/aromatic N) is 4. The molecule has 2 atom stereocenters. The number of anilines is 1. The van der Waals surface area contributed by atoms with E-state index in [4.69, 9.17) is 4.74 Å². The van der Waals surface area contributed by atoms with Gasteiger partial charge in [-0.1, -0.05) is 24.3 Å². The van der Waals surface area contributed by atoms with Crippen LogP contribution in [0.25, 0.3) is 0 Å². The highest BCUT2D eigenvalue weighted by molar-refractivity contribution is 5.31. The minimum atomic E-state index is -0.460. The summed E-state index contributed by atoms with van der Waals surface area (Å²) in [6.07, 6.45) is 6.54. The van der Waals surface area contributed by atoms with Gasteiger partial charge in [0.05, 0.1) is 18.8 Å². The van der Waals surface area contributed by atoms with Crippen molar-refractivity contribution in [1.29, 1.82) is 0 Å². The van der Waals surface area contributed by atoms with Crippen LogP contribution in [0.2, 0.25) is 0 Å². The fraction of sp³-hybridized carbons (Fsp3) is 0.524. The van der Waals surface area contributed by atoms with Gasteiger partial charge in [-0.15, -0.1) is 0 Å². The van der Waals surface area contributed by atoms with Crippen molar-refractivity contribution in [3.05, 3.63) is 53.9 Å². The van der Waals surface area contributed by atoms with Crippen LogP contribution in [-0.4, -0.2) is 65.4 Å². The Kier molecular flexibility index (Phi) is 5.97. The molecule has 2 aromatic rings. The molecule has 0 radical (unpaired) electrons. The average Bonchev–Trinajstić information content (AvgIpc) is 2.73. The Balaban J connectivity index is 1.22. The third-order valence-electron chi connectivity index (χ3n) is 5.48. The maximum Gasteiger partial charge on any atom is 0.225 e. The Morgan fingerprint density at radius 1 is 1.07 bits per heavy atom. The van der Waals surface area contributed by atoms with E-state index in [1.807, 2.05) is 6.07 Å². The number of ether oxygens (including phenoxy) is 1. The van der Waals surface area contributed by atoms with Crippen LogP contribution in [0.3, 0.4) is 0 Å². The van der Waals surface area contributed by atoms with E-state index in [-0.39, 0.29) is 6.10 Å². The third kappa shape index (κ3) is 4.64. The second-order valence-electron chi connectivity index (χ2n) is 7.40. The molecule has 0 saturated carbocycles. The Hall–Kier alpha value is -2.02. The van der Waals surface area contributed by atoms with Gasteiger partial charge in [-0.2, -0.15) is 0 Å². The van der Waals surface area contributed by atoms with E-state index in [9.17, 15) is 5.11 Å². The van der Waals surface area contributed by atoms with E-state index in [1.165, 1.54) is 11.1 Å². The molecule has 1 aromatic heterocycles. The number of aromatic nitrogens is 2. The number of aliphatic hydroxyl groups excluding tert-OH is 1. The van der Waals surface area contributed by atoms with Crippen LogP contribution in [0.5, 0.6) is 0 Å². The van der Waals surface area contributed by atoms with Gasteiger partial charge in [0, 0.05) is 45.1 Å². The quantitative estimate of drug-likeness (QED) is 0.842. The summed E-state index contributed by atoms with van der Waals surface area (Å²) in [5.41, 5.74) is 2.69. The van der Waals surface area contributed by atoms with E-state index in [2.05, 4.69) is 44.0 Å². The van der Waals surface area contributed by atoms with Crippen LogP contribution in [0.15, 0.2) is 42.7 Å². The number of hydrogen-bond acceptors (Lipinski definition) is 6. The molecule has 2 aliphatic rings. The van der Waals surface area contributed by atoms with Crippen LogP contribution in [-0.2, 0) is 11.2 Å². The van der Waals surface area contributed by atoms with Crippen molar-refractivity contribution in [3.63, 3.8) is 0 Å².